The Morgan fingerprint density at radius 3 is 1.78 bits per heavy atom. The summed E-state index contributed by atoms with van der Waals surface area (Å²) in [5, 5.41) is 0. The minimum absolute atomic E-state index is 0.116. The van der Waals surface area contributed by atoms with E-state index in [0.717, 1.165) is 0 Å². The van der Waals surface area contributed by atoms with Gasteiger partial charge in [0.15, 0.2) is 3.79 Å². The lowest BCUT2D eigenvalue weighted by atomic mass is 10.1. The van der Waals surface area contributed by atoms with Crippen LogP contribution in [-0.2, 0) is 4.79 Å². The van der Waals surface area contributed by atoms with Gasteiger partial charge in [-0.05, 0) is 6.92 Å². The molecule has 0 aliphatic carbocycles. The minimum atomic E-state index is -1.45. The van der Waals surface area contributed by atoms with Gasteiger partial charge >= 0.3 is 0 Å². The molecule has 1 unspecified atom stereocenters. The first-order valence-electron chi connectivity index (χ1n) is 2.43. The fourth-order valence-corrected chi connectivity index (χ4v) is 0.691. The fourth-order valence-electron chi connectivity index (χ4n) is 0.230. The third kappa shape index (κ3) is 3.29. The normalized spacial score (nSPS) is 15.2. The number of Topliss-reactive ketones (excluding diaryl/α,β-unsaturated/α-hetero) is 1. The zero-order chi connectivity index (χ0) is 7.65. The lowest BCUT2D eigenvalue weighted by Crippen LogP contribution is -2.22. The van der Waals surface area contributed by atoms with Crippen molar-refractivity contribution in [2.24, 2.45) is 5.92 Å². The van der Waals surface area contributed by atoms with Crippen molar-refractivity contribution >= 4 is 40.6 Å². The Morgan fingerprint density at radius 2 is 1.78 bits per heavy atom. The highest BCUT2D eigenvalue weighted by molar-refractivity contribution is 6.68. The second kappa shape index (κ2) is 3.09. The molecule has 0 aromatic carbocycles. The average molecular weight is 189 g/mol. The Hall–Kier alpha value is 0.540. The van der Waals surface area contributed by atoms with Crippen LogP contribution in [-0.4, -0.2) is 9.58 Å². The van der Waals surface area contributed by atoms with E-state index in [0.29, 0.717) is 0 Å². The molecule has 0 heterocycles. The van der Waals surface area contributed by atoms with Crippen molar-refractivity contribution < 1.29 is 4.79 Å². The van der Waals surface area contributed by atoms with Crippen LogP contribution in [0.25, 0.3) is 0 Å². The minimum Gasteiger partial charge on any atom is -0.300 e. The Balaban J connectivity index is 4.04. The van der Waals surface area contributed by atoms with E-state index in [2.05, 4.69) is 0 Å². The molecule has 0 fully saturated rings. The van der Waals surface area contributed by atoms with Crippen LogP contribution < -0.4 is 0 Å². The number of carbonyl (C=O) groups is 1. The molecule has 9 heavy (non-hydrogen) atoms. The Kier molecular flexibility index (Phi) is 3.27. The molecule has 0 amide bonds. The van der Waals surface area contributed by atoms with Gasteiger partial charge in [0.2, 0.25) is 0 Å². The predicted octanol–water partition coefficient (Wildman–Crippen LogP) is 2.58. The second-order valence-electron chi connectivity index (χ2n) is 1.87. The molecule has 1 atom stereocenters. The van der Waals surface area contributed by atoms with Crippen LogP contribution in [0.3, 0.4) is 0 Å². The van der Waals surface area contributed by atoms with Gasteiger partial charge in [0.05, 0.1) is 5.92 Å². The number of ketones is 1. The van der Waals surface area contributed by atoms with Crippen molar-refractivity contribution in [3.63, 3.8) is 0 Å². The van der Waals surface area contributed by atoms with E-state index in [1.807, 2.05) is 0 Å². The molecule has 0 saturated heterocycles. The summed E-state index contributed by atoms with van der Waals surface area (Å²) in [5.74, 6) is -0.641. The summed E-state index contributed by atoms with van der Waals surface area (Å²) in [6, 6.07) is 0. The molecule has 0 saturated carbocycles. The Labute approximate surface area is 69.3 Å². The lowest BCUT2D eigenvalue weighted by Gasteiger charge is -2.15. The number of rotatable bonds is 1. The smallest absolute Gasteiger partial charge is 0.199 e. The lowest BCUT2D eigenvalue weighted by molar-refractivity contribution is -0.120. The van der Waals surface area contributed by atoms with Gasteiger partial charge in [-0.3, -0.25) is 4.79 Å². The van der Waals surface area contributed by atoms with Gasteiger partial charge in [-0.1, -0.05) is 41.7 Å². The highest BCUT2D eigenvalue weighted by Crippen LogP contribution is 2.34. The van der Waals surface area contributed by atoms with Crippen molar-refractivity contribution in [2.75, 3.05) is 0 Å². The molecule has 4 heteroatoms. The van der Waals surface area contributed by atoms with Crippen LogP contribution in [0.1, 0.15) is 13.8 Å². The molecule has 54 valence electrons. The van der Waals surface area contributed by atoms with Crippen LogP contribution in [0.4, 0.5) is 0 Å². The molecule has 0 aliphatic rings. The van der Waals surface area contributed by atoms with E-state index in [1.54, 1.807) is 6.92 Å². The predicted molar refractivity (Wildman–Crippen MR) is 40.1 cm³/mol. The molecule has 1 nitrogen and oxygen atoms in total. The zero-order valence-electron chi connectivity index (χ0n) is 5.12. The van der Waals surface area contributed by atoms with Crippen molar-refractivity contribution in [1.82, 2.24) is 0 Å². The number of halogens is 3. The molecule has 0 aliphatic heterocycles. The van der Waals surface area contributed by atoms with Crippen LogP contribution >= 0.6 is 34.8 Å². The maximum Gasteiger partial charge on any atom is 0.199 e. The SMILES string of the molecule is CC(=O)C(C)C(Cl)(Cl)Cl. The summed E-state index contributed by atoms with van der Waals surface area (Å²) < 4.78 is -1.45. The van der Waals surface area contributed by atoms with E-state index < -0.39 is 9.71 Å². The van der Waals surface area contributed by atoms with Gasteiger partial charge in [-0.15, -0.1) is 0 Å². The summed E-state index contributed by atoms with van der Waals surface area (Å²) in [4.78, 5) is 10.5. The first-order chi connectivity index (χ1) is 3.85. The highest BCUT2D eigenvalue weighted by atomic mass is 35.6. The maximum absolute atomic E-state index is 10.5. The fraction of sp³-hybridized carbons (Fsp3) is 0.800. The van der Waals surface area contributed by atoms with Crippen LogP contribution in [0.5, 0.6) is 0 Å². The molecule has 0 bridgehead atoms. The second-order valence-corrected chi connectivity index (χ2v) is 4.24. The van der Waals surface area contributed by atoms with Crippen molar-refractivity contribution in [3.8, 4) is 0 Å². The van der Waals surface area contributed by atoms with Crippen molar-refractivity contribution in [2.45, 2.75) is 17.6 Å². The molecular formula is C5H7Cl3O. The molecular weight excluding hydrogens is 182 g/mol. The van der Waals surface area contributed by atoms with Gasteiger partial charge in [-0.25, -0.2) is 0 Å². The van der Waals surface area contributed by atoms with Gasteiger partial charge in [0.1, 0.15) is 5.78 Å². The summed E-state index contributed by atoms with van der Waals surface area (Å²) in [6.45, 7) is 2.97. The van der Waals surface area contributed by atoms with Gasteiger partial charge in [0, 0.05) is 0 Å². The molecule has 0 spiro atoms. The monoisotopic (exact) mass is 188 g/mol. The molecule has 0 aromatic rings. The molecule has 0 radical (unpaired) electrons. The molecule has 0 aromatic heterocycles. The van der Waals surface area contributed by atoms with Crippen LogP contribution in [0.15, 0.2) is 0 Å². The first-order valence-corrected chi connectivity index (χ1v) is 3.56. The molecule has 0 rings (SSSR count). The van der Waals surface area contributed by atoms with E-state index in [4.69, 9.17) is 34.8 Å². The van der Waals surface area contributed by atoms with Gasteiger partial charge < -0.3 is 0 Å². The van der Waals surface area contributed by atoms with Crippen molar-refractivity contribution in [3.05, 3.63) is 0 Å². The van der Waals surface area contributed by atoms with Gasteiger partial charge in [-0.2, -0.15) is 0 Å². The molecule has 0 N–H and O–H groups in total. The van der Waals surface area contributed by atoms with E-state index in [9.17, 15) is 4.79 Å². The van der Waals surface area contributed by atoms with E-state index in [-0.39, 0.29) is 5.78 Å². The van der Waals surface area contributed by atoms with Crippen LogP contribution in [0, 0.1) is 5.92 Å². The Bertz CT molecular complexity index is 116. The van der Waals surface area contributed by atoms with E-state index in [1.165, 1.54) is 6.92 Å². The number of carbonyl (C=O) groups excluding carboxylic acids is 1. The number of alkyl halides is 3. The summed E-state index contributed by atoms with van der Waals surface area (Å²) in [5.41, 5.74) is 0. The largest absolute Gasteiger partial charge is 0.300 e. The van der Waals surface area contributed by atoms with Gasteiger partial charge in [0.25, 0.3) is 0 Å². The number of hydrogen-bond acceptors (Lipinski definition) is 1. The summed E-state index contributed by atoms with van der Waals surface area (Å²) in [7, 11) is 0. The average Bonchev–Trinajstić information content (AvgIpc) is 1.62. The summed E-state index contributed by atoms with van der Waals surface area (Å²) in [6.07, 6.45) is 0. The topological polar surface area (TPSA) is 17.1 Å². The highest BCUT2D eigenvalue weighted by Gasteiger charge is 2.31. The zero-order valence-corrected chi connectivity index (χ0v) is 7.39. The summed E-state index contributed by atoms with van der Waals surface area (Å²) >= 11 is 16.2. The van der Waals surface area contributed by atoms with Crippen molar-refractivity contribution in [1.29, 1.82) is 0 Å². The quantitative estimate of drug-likeness (QED) is 0.580. The number of hydrogen-bond donors (Lipinski definition) is 0. The van der Waals surface area contributed by atoms with Crippen LogP contribution in [0.2, 0.25) is 0 Å². The third-order valence-corrected chi connectivity index (χ3v) is 2.08. The third-order valence-electron chi connectivity index (χ3n) is 1.10. The van der Waals surface area contributed by atoms with E-state index >= 15 is 0 Å². The standard InChI is InChI=1S/C5H7Cl3O/c1-3(4(2)9)5(6,7)8/h3H,1-2H3. The first kappa shape index (κ1) is 9.54. The maximum atomic E-state index is 10.5. The Morgan fingerprint density at radius 1 is 1.44 bits per heavy atom.